The molecule has 7 heteroatoms. The van der Waals surface area contributed by atoms with Gasteiger partial charge in [0.05, 0.1) is 31.5 Å². The van der Waals surface area contributed by atoms with Crippen LogP contribution in [0.1, 0.15) is 24.0 Å². The third kappa shape index (κ3) is 2.68. The molecule has 0 amide bonds. The predicted octanol–water partition coefficient (Wildman–Crippen LogP) is 2.25. The molecule has 7 nitrogen and oxygen atoms in total. The summed E-state index contributed by atoms with van der Waals surface area (Å²) in [5, 5.41) is 18.6. The van der Waals surface area contributed by atoms with Crippen LogP contribution in [-0.2, 0) is 19.6 Å². The number of rotatable bonds is 5. The van der Waals surface area contributed by atoms with E-state index >= 15 is 0 Å². The molecule has 24 heavy (non-hydrogen) atoms. The first-order valence-corrected chi connectivity index (χ1v) is 8.06. The molecule has 3 aromatic heterocycles. The molecule has 0 radical (unpaired) electrons. The lowest BCUT2D eigenvalue weighted by Crippen LogP contribution is -2.04. The van der Waals surface area contributed by atoms with E-state index < -0.39 is 0 Å². The maximum absolute atomic E-state index is 4.46. The van der Waals surface area contributed by atoms with Gasteiger partial charge in [-0.05, 0) is 31.4 Å². The Morgan fingerprint density at radius 1 is 1.04 bits per heavy atom. The predicted molar refractivity (Wildman–Crippen MR) is 90.6 cm³/mol. The molecule has 122 valence electrons. The fraction of sp³-hybridized carbons (Fsp3) is 0.294. The smallest absolute Gasteiger partial charge is 0.107 e. The fourth-order valence-electron chi connectivity index (χ4n) is 2.85. The normalized spacial score (nSPS) is 11.4. The van der Waals surface area contributed by atoms with Crippen LogP contribution in [0.5, 0.6) is 0 Å². The molecular weight excluding hydrogens is 302 g/mol. The second-order valence-corrected chi connectivity index (χ2v) is 5.83. The zero-order valence-electron chi connectivity index (χ0n) is 13.8. The molecule has 0 aliphatic heterocycles. The van der Waals surface area contributed by atoms with E-state index in [2.05, 4.69) is 61.6 Å². The maximum atomic E-state index is 4.46. The summed E-state index contributed by atoms with van der Waals surface area (Å²) in [6.07, 6.45) is 4.06. The van der Waals surface area contributed by atoms with Gasteiger partial charge in [0.1, 0.15) is 11.4 Å². The van der Waals surface area contributed by atoms with Crippen LogP contribution in [0.4, 0.5) is 0 Å². The van der Waals surface area contributed by atoms with Crippen LogP contribution >= 0.6 is 0 Å². The number of benzene rings is 1. The average molecular weight is 321 g/mol. The fourth-order valence-corrected chi connectivity index (χ4v) is 2.85. The van der Waals surface area contributed by atoms with Gasteiger partial charge in [-0.2, -0.15) is 15.0 Å². The molecule has 0 saturated carbocycles. The van der Waals surface area contributed by atoms with Crippen molar-refractivity contribution in [2.75, 3.05) is 0 Å². The van der Waals surface area contributed by atoms with Gasteiger partial charge in [-0.25, -0.2) is 4.68 Å². The molecule has 3 heterocycles. The quantitative estimate of drug-likeness (QED) is 0.565. The van der Waals surface area contributed by atoms with Crippen LogP contribution in [0.15, 0.2) is 42.7 Å². The number of aryl methyl sites for hydroxylation is 2. The Morgan fingerprint density at radius 3 is 2.75 bits per heavy atom. The lowest BCUT2D eigenvalue weighted by atomic mass is 10.2. The van der Waals surface area contributed by atoms with E-state index in [1.165, 1.54) is 10.9 Å². The summed E-state index contributed by atoms with van der Waals surface area (Å²) in [6, 6.07) is 10.4. The molecule has 4 rings (SSSR count). The van der Waals surface area contributed by atoms with Gasteiger partial charge in [0.15, 0.2) is 0 Å². The highest BCUT2D eigenvalue weighted by Gasteiger charge is 2.09. The van der Waals surface area contributed by atoms with Crippen LogP contribution < -0.4 is 0 Å². The van der Waals surface area contributed by atoms with Crippen LogP contribution in [0.3, 0.4) is 0 Å². The van der Waals surface area contributed by atoms with Crippen molar-refractivity contribution in [2.45, 2.75) is 33.5 Å². The van der Waals surface area contributed by atoms with Crippen LogP contribution in [0.2, 0.25) is 0 Å². The molecule has 0 aliphatic rings. The van der Waals surface area contributed by atoms with Gasteiger partial charge in [-0.15, -0.1) is 5.10 Å². The highest BCUT2D eigenvalue weighted by Crippen LogP contribution is 2.16. The van der Waals surface area contributed by atoms with Gasteiger partial charge in [-0.1, -0.05) is 23.4 Å². The van der Waals surface area contributed by atoms with Crippen molar-refractivity contribution < 1.29 is 0 Å². The molecule has 0 atom stereocenters. The highest BCUT2D eigenvalue weighted by atomic mass is 15.5. The number of aromatic nitrogens is 7. The summed E-state index contributed by atoms with van der Waals surface area (Å²) in [7, 11) is 0. The van der Waals surface area contributed by atoms with Crippen molar-refractivity contribution in [2.24, 2.45) is 0 Å². The largest absolute Gasteiger partial charge is 0.341 e. The standard InChI is InChI=1S/C17H19N7/c1-3-24-19-13(2)16(20-24)12-23-11-15(18-21-23)10-22-9-8-14-6-4-5-7-17(14)22/h4-9,11H,3,10,12H2,1-2H3. The highest BCUT2D eigenvalue weighted by molar-refractivity contribution is 5.79. The zero-order chi connectivity index (χ0) is 16.5. The zero-order valence-corrected chi connectivity index (χ0v) is 13.8. The van der Waals surface area contributed by atoms with Gasteiger partial charge in [0.25, 0.3) is 0 Å². The van der Waals surface area contributed by atoms with Crippen molar-refractivity contribution in [3.63, 3.8) is 0 Å². The number of nitrogens with zero attached hydrogens (tertiary/aromatic N) is 7. The van der Waals surface area contributed by atoms with E-state index in [-0.39, 0.29) is 0 Å². The molecule has 0 bridgehead atoms. The van der Waals surface area contributed by atoms with Gasteiger partial charge in [-0.3, -0.25) is 0 Å². The molecule has 4 aromatic rings. The third-order valence-corrected chi connectivity index (χ3v) is 4.11. The molecular formula is C17H19N7. The van der Waals surface area contributed by atoms with Crippen molar-refractivity contribution in [3.8, 4) is 0 Å². The lowest BCUT2D eigenvalue weighted by Gasteiger charge is -2.01. The molecule has 0 aliphatic carbocycles. The van der Waals surface area contributed by atoms with Crippen LogP contribution in [0, 0.1) is 6.92 Å². The lowest BCUT2D eigenvalue weighted by molar-refractivity contribution is 0.553. The van der Waals surface area contributed by atoms with Crippen LogP contribution in [0.25, 0.3) is 10.9 Å². The van der Waals surface area contributed by atoms with E-state index in [9.17, 15) is 0 Å². The van der Waals surface area contributed by atoms with Crippen molar-refractivity contribution in [1.82, 2.24) is 34.6 Å². The van der Waals surface area contributed by atoms with Crippen LogP contribution in [-0.4, -0.2) is 34.6 Å². The van der Waals surface area contributed by atoms with Gasteiger partial charge in [0, 0.05) is 11.7 Å². The number of fused-ring (bicyclic) bond motifs is 1. The third-order valence-electron chi connectivity index (χ3n) is 4.11. The van der Waals surface area contributed by atoms with E-state index in [0.29, 0.717) is 13.1 Å². The summed E-state index contributed by atoms with van der Waals surface area (Å²) in [5.41, 5.74) is 4.00. The molecule has 0 N–H and O–H groups in total. The van der Waals surface area contributed by atoms with Gasteiger partial charge < -0.3 is 4.57 Å². The molecule has 0 unspecified atom stereocenters. The molecule has 0 spiro atoms. The summed E-state index contributed by atoms with van der Waals surface area (Å²) in [5.74, 6) is 0. The van der Waals surface area contributed by atoms with Crippen molar-refractivity contribution in [3.05, 3.63) is 59.8 Å². The minimum absolute atomic E-state index is 0.589. The SMILES string of the molecule is CCn1nc(C)c(Cn2cc(Cn3ccc4ccccc43)nn2)n1. The molecule has 1 aromatic carbocycles. The molecule has 0 fully saturated rings. The number of hydrogen-bond donors (Lipinski definition) is 0. The minimum Gasteiger partial charge on any atom is -0.341 e. The Morgan fingerprint density at radius 2 is 1.92 bits per heavy atom. The average Bonchev–Trinajstić information content (AvgIpc) is 3.29. The Kier molecular flexibility index (Phi) is 3.60. The van der Waals surface area contributed by atoms with Crippen molar-refractivity contribution >= 4 is 10.9 Å². The van der Waals surface area contributed by atoms with E-state index in [1.807, 2.05) is 24.7 Å². The Labute approximate surface area is 139 Å². The van der Waals surface area contributed by atoms with Crippen molar-refractivity contribution in [1.29, 1.82) is 0 Å². The van der Waals surface area contributed by atoms with E-state index in [1.54, 1.807) is 4.80 Å². The topological polar surface area (TPSA) is 66.3 Å². The Balaban J connectivity index is 1.53. The van der Waals surface area contributed by atoms with E-state index in [0.717, 1.165) is 23.6 Å². The number of para-hydroxylation sites is 1. The second-order valence-electron chi connectivity index (χ2n) is 5.83. The second kappa shape index (κ2) is 5.92. The monoisotopic (exact) mass is 321 g/mol. The first-order chi connectivity index (χ1) is 11.7. The van der Waals surface area contributed by atoms with E-state index in [4.69, 9.17) is 0 Å². The number of hydrogen-bond acceptors (Lipinski definition) is 4. The van der Waals surface area contributed by atoms with Gasteiger partial charge >= 0.3 is 0 Å². The van der Waals surface area contributed by atoms with Gasteiger partial charge in [0.2, 0.25) is 0 Å². The summed E-state index contributed by atoms with van der Waals surface area (Å²) in [4.78, 5) is 1.70. The summed E-state index contributed by atoms with van der Waals surface area (Å²) in [6.45, 7) is 6.06. The first kappa shape index (κ1) is 14.6. The Bertz CT molecular complexity index is 976. The summed E-state index contributed by atoms with van der Waals surface area (Å²) >= 11 is 0. The molecule has 0 saturated heterocycles. The Hall–Kier alpha value is -2.96. The minimum atomic E-state index is 0.589. The first-order valence-electron chi connectivity index (χ1n) is 8.06. The summed E-state index contributed by atoms with van der Waals surface area (Å²) < 4.78 is 4.00. The maximum Gasteiger partial charge on any atom is 0.107 e.